The molecule has 1 atom stereocenters. The number of rotatable bonds is 5. The Labute approximate surface area is 198 Å². The van der Waals surface area contributed by atoms with Crippen molar-refractivity contribution in [3.8, 4) is 5.75 Å². The van der Waals surface area contributed by atoms with E-state index in [1.54, 1.807) is 24.3 Å². The standard InChI is InChI=1S/C23H26ClN3O5S/c1-3-20-23(29)26-19-13-17(5-7-21(19)32-20)33(30,31)27-10-8-15(9-11-27)22(28)25-18-6-4-16(24)12-14(18)2/h4-7,12-13,15,20H,3,8-11H2,1-2H3,(H,25,28)(H,26,29). The van der Waals surface area contributed by atoms with Gasteiger partial charge in [0.25, 0.3) is 5.91 Å². The van der Waals surface area contributed by atoms with Crippen molar-refractivity contribution in [2.45, 2.75) is 44.1 Å². The smallest absolute Gasteiger partial charge is 0.265 e. The van der Waals surface area contributed by atoms with Crippen LogP contribution >= 0.6 is 11.6 Å². The van der Waals surface area contributed by atoms with Crippen molar-refractivity contribution in [1.82, 2.24) is 4.31 Å². The summed E-state index contributed by atoms with van der Waals surface area (Å²) in [6.07, 6.45) is 0.772. The Morgan fingerprint density at radius 1 is 1.21 bits per heavy atom. The third-order valence-corrected chi connectivity index (χ3v) is 8.18. The minimum absolute atomic E-state index is 0.0831. The fourth-order valence-electron chi connectivity index (χ4n) is 4.07. The lowest BCUT2D eigenvalue weighted by Gasteiger charge is -2.31. The molecule has 2 amide bonds. The molecule has 0 saturated carbocycles. The Morgan fingerprint density at radius 2 is 1.94 bits per heavy atom. The van der Waals surface area contributed by atoms with Crippen LogP contribution in [0, 0.1) is 12.8 Å². The number of carbonyl (C=O) groups excluding carboxylic acids is 2. The van der Waals surface area contributed by atoms with Gasteiger partial charge in [0.2, 0.25) is 15.9 Å². The van der Waals surface area contributed by atoms with E-state index in [4.69, 9.17) is 16.3 Å². The van der Waals surface area contributed by atoms with Gasteiger partial charge in [-0.2, -0.15) is 4.31 Å². The monoisotopic (exact) mass is 491 g/mol. The highest BCUT2D eigenvalue weighted by atomic mass is 35.5. The van der Waals surface area contributed by atoms with Gasteiger partial charge in [0.1, 0.15) is 5.75 Å². The number of carbonyl (C=O) groups is 2. The van der Waals surface area contributed by atoms with Crippen LogP contribution in [0.15, 0.2) is 41.3 Å². The molecule has 8 nitrogen and oxygen atoms in total. The summed E-state index contributed by atoms with van der Waals surface area (Å²) in [5.41, 5.74) is 1.91. The predicted octanol–water partition coefficient (Wildman–Crippen LogP) is 3.80. The molecule has 176 valence electrons. The predicted molar refractivity (Wildman–Crippen MR) is 126 cm³/mol. The second-order valence-electron chi connectivity index (χ2n) is 8.29. The normalized spacial score (nSPS) is 19.4. The number of amides is 2. The van der Waals surface area contributed by atoms with Crippen LogP contribution in [0.1, 0.15) is 31.7 Å². The molecule has 1 unspecified atom stereocenters. The summed E-state index contributed by atoms with van der Waals surface area (Å²) >= 11 is 5.97. The number of fused-ring (bicyclic) bond motifs is 1. The Hall–Kier alpha value is -2.62. The summed E-state index contributed by atoms with van der Waals surface area (Å²) in [6, 6.07) is 9.74. The topological polar surface area (TPSA) is 105 Å². The molecule has 0 aliphatic carbocycles. The molecule has 1 saturated heterocycles. The average molecular weight is 492 g/mol. The minimum atomic E-state index is -3.77. The third kappa shape index (κ3) is 4.85. The number of halogens is 1. The first kappa shape index (κ1) is 23.5. The molecule has 2 heterocycles. The van der Waals surface area contributed by atoms with Crippen LogP contribution in [0.2, 0.25) is 5.02 Å². The maximum absolute atomic E-state index is 13.2. The molecule has 10 heteroatoms. The molecule has 0 radical (unpaired) electrons. The molecule has 33 heavy (non-hydrogen) atoms. The Morgan fingerprint density at radius 3 is 2.61 bits per heavy atom. The van der Waals surface area contributed by atoms with Crippen molar-refractivity contribution in [2.24, 2.45) is 5.92 Å². The fraction of sp³-hybridized carbons (Fsp3) is 0.391. The van der Waals surface area contributed by atoms with Crippen LogP contribution < -0.4 is 15.4 Å². The Bertz CT molecular complexity index is 1190. The number of sulfonamides is 1. The molecule has 2 N–H and O–H groups in total. The first-order valence-corrected chi connectivity index (χ1v) is 12.7. The molecule has 2 aromatic carbocycles. The number of aryl methyl sites for hydroxylation is 1. The molecule has 0 aromatic heterocycles. The van der Waals surface area contributed by atoms with Gasteiger partial charge in [-0.05, 0) is 68.1 Å². The number of benzene rings is 2. The second-order valence-corrected chi connectivity index (χ2v) is 10.7. The zero-order valence-corrected chi connectivity index (χ0v) is 20.0. The van der Waals surface area contributed by atoms with Crippen molar-refractivity contribution < 1.29 is 22.7 Å². The van der Waals surface area contributed by atoms with E-state index in [0.29, 0.717) is 41.4 Å². The molecule has 0 bridgehead atoms. The number of nitrogens with one attached hydrogen (secondary N) is 2. The van der Waals surface area contributed by atoms with E-state index in [-0.39, 0.29) is 35.7 Å². The van der Waals surface area contributed by atoms with Crippen LogP contribution in [0.4, 0.5) is 11.4 Å². The Balaban J connectivity index is 1.41. The molecule has 2 aliphatic rings. The van der Waals surface area contributed by atoms with Gasteiger partial charge in [0.15, 0.2) is 6.10 Å². The quantitative estimate of drug-likeness (QED) is 0.662. The van der Waals surface area contributed by atoms with Gasteiger partial charge < -0.3 is 15.4 Å². The highest BCUT2D eigenvalue weighted by molar-refractivity contribution is 7.89. The number of hydrogen-bond acceptors (Lipinski definition) is 5. The summed E-state index contributed by atoms with van der Waals surface area (Å²) in [5, 5.41) is 6.24. The Kier molecular flexibility index (Phi) is 6.65. The van der Waals surface area contributed by atoms with Gasteiger partial charge in [0, 0.05) is 29.7 Å². The maximum Gasteiger partial charge on any atom is 0.265 e. The van der Waals surface area contributed by atoms with Crippen LogP contribution in [0.3, 0.4) is 0 Å². The second kappa shape index (κ2) is 9.32. The van der Waals surface area contributed by atoms with E-state index in [9.17, 15) is 18.0 Å². The molecule has 2 aromatic rings. The van der Waals surface area contributed by atoms with Crippen molar-refractivity contribution in [3.05, 3.63) is 47.0 Å². The highest BCUT2D eigenvalue weighted by Gasteiger charge is 2.34. The van der Waals surface area contributed by atoms with Crippen molar-refractivity contribution in [2.75, 3.05) is 23.7 Å². The number of hydrogen-bond donors (Lipinski definition) is 2. The molecule has 2 aliphatic heterocycles. The lowest BCUT2D eigenvalue weighted by molar-refractivity contribution is -0.123. The van der Waals surface area contributed by atoms with Gasteiger partial charge >= 0.3 is 0 Å². The van der Waals surface area contributed by atoms with Gasteiger partial charge in [-0.15, -0.1) is 0 Å². The van der Waals surface area contributed by atoms with Crippen LogP contribution in [0.25, 0.3) is 0 Å². The highest BCUT2D eigenvalue weighted by Crippen LogP contribution is 2.34. The largest absolute Gasteiger partial charge is 0.478 e. The number of ether oxygens (including phenoxy) is 1. The van der Waals surface area contributed by atoms with Gasteiger partial charge in [0.05, 0.1) is 10.6 Å². The SMILES string of the molecule is CCC1Oc2ccc(S(=O)(=O)N3CCC(C(=O)Nc4ccc(Cl)cc4C)CC3)cc2NC1=O. The van der Waals surface area contributed by atoms with Crippen molar-refractivity contribution in [3.63, 3.8) is 0 Å². The summed E-state index contributed by atoms with van der Waals surface area (Å²) < 4.78 is 33.4. The van der Waals surface area contributed by atoms with E-state index >= 15 is 0 Å². The summed E-state index contributed by atoms with van der Waals surface area (Å²) in [5.74, 6) is -0.249. The molecule has 0 spiro atoms. The summed E-state index contributed by atoms with van der Waals surface area (Å²) in [6.45, 7) is 4.18. The van der Waals surface area contributed by atoms with Gasteiger partial charge in [-0.1, -0.05) is 18.5 Å². The number of nitrogens with zero attached hydrogens (tertiary/aromatic N) is 1. The average Bonchev–Trinajstić information content (AvgIpc) is 2.80. The van der Waals surface area contributed by atoms with Crippen molar-refractivity contribution in [1.29, 1.82) is 0 Å². The van der Waals surface area contributed by atoms with E-state index in [0.717, 1.165) is 5.56 Å². The third-order valence-electron chi connectivity index (χ3n) is 6.05. The summed E-state index contributed by atoms with van der Waals surface area (Å²) in [4.78, 5) is 24.9. The maximum atomic E-state index is 13.2. The van der Waals surface area contributed by atoms with Crippen molar-refractivity contribution >= 4 is 44.8 Å². The van der Waals surface area contributed by atoms with E-state index in [1.165, 1.54) is 16.4 Å². The fourth-order valence-corrected chi connectivity index (χ4v) is 5.79. The van der Waals surface area contributed by atoms with Crippen LogP contribution in [-0.4, -0.2) is 43.7 Å². The van der Waals surface area contributed by atoms with E-state index < -0.39 is 16.1 Å². The lowest BCUT2D eigenvalue weighted by Crippen LogP contribution is -2.41. The van der Waals surface area contributed by atoms with Gasteiger partial charge in [-0.3, -0.25) is 9.59 Å². The molecular formula is C23H26ClN3O5S. The summed E-state index contributed by atoms with van der Waals surface area (Å²) in [7, 11) is -3.77. The zero-order chi connectivity index (χ0) is 23.8. The molecule has 1 fully saturated rings. The molecular weight excluding hydrogens is 466 g/mol. The van der Waals surface area contributed by atoms with Gasteiger partial charge in [-0.25, -0.2) is 8.42 Å². The number of anilines is 2. The molecule has 4 rings (SSSR count). The minimum Gasteiger partial charge on any atom is -0.478 e. The first-order chi connectivity index (χ1) is 15.7. The van der Waals surface area contributed by atoms with Crippen LogP contribution in [-0.2, 0) is 19.6 Å². The lowest BCUT2D eigenvalue weighted by atomic mass is 9.97. The van der Waals surface area contributed by atoms with E-state index in [2.05, 4.69) is 10.6 Å². The zero-order valence-electron chi connectivity index (χ0n) is 18.4. The first-order valence-electron chi connectivity index (χ1n) is 10.9. The number of piperidine rings is 1. The van der Waals surface area contributed by atoms with E-state index in [1.807, 2.05) is 13.8 Å². The van der Waals surface area contributed by atoms with Crippen LogP contribution in [0.5, 0.6) is 5.75 Å².